The van der Waals surface area contributed by atoms with Crippen LogP contribution in [0.25, 0.3) is 5.57 Å². The Morgan fingerprint density at radius 2 is 1.97 bits per heavy atom. The smallest absolute Gasteiger partial charge is 0.403 e. The van der Waals surface area contributed by atoms with Gasteiger partial charge in [0.05, 0.1) is 5.92 Å². The van der Waals surface area contributed by atoms with Gasteiger partial charge in [-0.25, -0.2) is 10.4 Å². The largest absolute Gasteiger partial charge is 0.406 e. The third-order valence-corrected chi connectivity index (χ3v) is 6.32. The van der Waals surface area contributed by atoms with E-state index < -0.39 is 30.2 Å². The molecule has 1 amide bonds. The minimum Gasteiger partial charge on any atom is -0.403 e. The average molecular weight is 463 g/mol. The van der Waals surface area contributed by atoms with E-state index in [-0.39, 0.29) is 23.5 Å². The predicted molar refractivity (Wildman–Crippen MR) is 112 cm³/mol. The number of piperidine rings is 1. The van der Waals surface area contributed by atoms with Crippen LogP contribution in [0.2, 0.25) is 0 Å². The SMILES string of the molecule is CC1=C(c2nnc(N3CCCC(N)C3)o2)C(=O)N2NC(C(F)(F)F)C(c3ccccc3)C2N1. The zero-order chi connectivity index (χ0) is 23.3. The molecule has 4 unspecified atom stereocenters. The van der Waals surface area contributed by atoms with Crippen LogP contribution in [-0.4, -0.2) is 58.6 Å². The molecule has 12 heteroatoms. The third kappa shape index (κ3) is 3.82. The summed E-state index contributed by atoms with van der Waals surface area (Å²) in [6.07, 6.45) is -3.73. The number of anilines is 1. The highest BCUT2D eigenvalue weighted by Crippen LogP contribution is 2.42. The maximum atomic E-state index is 13.9. The van der Waals surface area contributed by atoms with E-state index in [9.17, 15) is 18.0 Å². The molecule has 3 aliphatic heterocycles. The molecule has 0 saturated carbocycles. The second kappa shape index (κ2) is 8.03. The standard InChI is InChI=1S/C21H24F3N7O2/c1-11-14(18-27-28-20(33-18)30-9-5-8-13(25)10-30)19(32)31-17(26-11)15(12-6-3-2-4-7-12)16(29-31)21(22,23)24/h2-4,6-7,13,15-17,26,29H,5,8-10,25H2,1H3. The number of alkyl halides is 3. The predicted octanol–water partition coefficient (Wildman–Crippen LogP) is 1.72. The number of fused-ring (bicyclic) bond motifs is 1. The lowest BCUT2D eigenvalue weighted by Gasteiger charge is -2.34. The maximum Gasteiger partial charge on any atom is 0.406 e. The van der Waals surface area contributed by atoms with Gasteiger partial charge in [0.1, 0.15) is 17.8 Å². The minimum atomic E-state index is -4.57. The molecule has 9 nitrogen and oxygen atoms in total. The fraction of sp³-hybridized carbons (Fsp3) is 0.476. The molecule has 0 radical (unpaired) electrons. The normalized spacial score (nSPS) is 28.2. The number of hydrogen-bond acceptors (Lipinski definition) is 8. The van der Waals surface area contributed by atoms with Crippen molar-refractivity contribution in [2.75, 3.05) is 18.0 Å². The van der Waals surface area contributed by atoms with Gasteiger partial charge in [0, 0.05) is 24.8 Å². The lowest BCUT2D eigenvalue weighted by molar-refractivity contribution is -0.161. The first-order valence-corrected chi connectivity index (χ1v) is 10.8. The summed E-state index contributed by atoms with van der Waals surface area (Å²) in [5.41, 5.74) is 9.26. The van der Waals surface area contributed by atoms with Crippen molar-refractivity contribution in [1.29, 1.82) is 0 Å². The van der Waals surface area contributed by atoms with E-state index in [0.717, 1.165) is 17.9 Å². The summed E-state index contributed by atoms with van der Waals surface area (Å²) in [4.78, 5) is 15.2. The Hall–Kier alpha value is -3.12. The zero-order valence-corrected chi connectivity index (χ0v) is 17.8. The van der Waals surface area contributed by atoms with Crippen molar-refractivity contribution in [3.63, 3.8) is 0 Å². The number of benzene rings is 1. The second-order valence-corrected chi connectivity index (χ2v) is 8.59. The lowest BCUT2D eigenvalue weighted by atomic mass is 9.89. The van der Waals surface area contributed by atoms with Crippen molar-refractivity contribution in [2.24, 2.45) is 5.73 Å². The van der Waals surface area contributed by atoms with Crippen LogP contribution in [0.5, 0.6) is 0 Å². The fourth-order valence-corrected chi connectivity index (χ4v) is 4.77. The molecule has 4 heterocycles. The second-order valence-electron chi connectivity index (χ2n) is 8.59. The maximum absolute atomic E-state index is 13.9. The van der Waals surface area contributed by atoms with Gasteiger partial charge in [-0.05, 0) is 25.3 Å². The summed E-state index contributed by atoms with van der Waals surface area (Å²) in [5, 5.41) is 12.1. The number of carbonyl (C=O) groups is 1. The van der Waals surface area contributed by atoms with Crippen LogP contribution in [0.1, 0.15) is 37.1 Å². The molecule has 3 aliphatic rings. The molecular formula is C21H24F3N7O2. The number of amides is 1. The van der Waals surface area contributed by atoms with E-state index in [1.165, 1.54) is 0 Å². The van der Waals surface area contributed by atoms with Crippen LogP contribution < -0.4 is 21.4 Å². The lowest BCUT2D eigenvalue weighted by Crippen LogP contribution is -2.54. The van der Waals surface area contributed by atoms with Gasteiger partial charge in [-0.2, -0.15) is 13.2 Å². The molecule has 1 aromatic carbocycles. The van der Waals surface area contributed by atoms with E-state index in [2.05, 4.69) is 20.9 Å². The molecule has 0 spiro atoms. The number of nitrogens with one attached hydrogen (secondary N) is 2. The fourth-order valence-electron chi connectivity index (χ4n) is 4.77. The molecular weight excluding hydrogens is 439 g/mol. The highest BCUT2D eigenvalue weighted by molar-refractivity contribution is 6.19. The number of hydrogen-bond donors (Lipinski definition) is 3. The first-order chi connectivity index (χ1) is 15.7. The molecule has 2 saturated heterocycles. The van der Waals surface area contributed by atoms with Crippen LogP contribution in [0.4, 0.5) is 19.2 Å². The van der Waals surface area contributed by atoms with Gasteiger partial charge < -0.3 is 20.4 Å². The number of aromatic nitrogens is 2. The Balaban J connectivity index is 1.47. The van der Waals surface area contributed by atoms with Crippen molar-refractivity contribution in [2.45, 2.75) is 50.1 Å². The molecule has 0 aliphatic carbocycles. The summed E-state index contributed by atoms with van der Waals surface area (Å²) in [6.45, 7) is 2.86. The Labute approximate surface area is 187 Å². The van der Waals surface area contributed by atoms with E-state index in [1.54, 1.807) is 37.3 Å². The van der Waals surface area contributed by atoms with Gasteiger partial charge in [-0.3, -0.25) is 4.79 Å². The molecule has 0 bridgehead atoms. The number of halogens is 3. The summed E-state index contributed by atoms with van der Waals surface area (Å²) < 4.78 is 47.5. The first kappa shape index (κ1) is 21.7. The van der Waals surface area contributed by atoms with E-state index in [4.69, 9.17) is 10.2 Å². The number of nitrogens with two attached hydrogens (primary N) is 1. The van der Waals surface area contributed by atoms with Crippen molar-refractivity contribution >= 4 is 17.5 Å². The minimum absolute atomic E-state index is 0.0168. The Morgan fingerprint density at radius 1 is 1.21 bits per heavy atom. The van der Waals surface area contributed by atoms with Crippen molar-refractivity contribution in [3.8, 4) is 0 Å². The van der Waals surface area contributed by atoms with Crippen LogP contribution in [-0.2, 0) is 4.79 Å². The zero-order valence-electron chi connectivity index (χ0n) is 17.8. The molecule has 2 fully saturated rings. The van der Waals surface area contributed by atoms with Gasteiger partial charge in [0.15, 0.2) is 0 Å². The van der Waals surface area contributed by atoms with Gasteiger partial charge >= 0.3 is 12.2 Å². The molecule has 4 N–H and O–H groups in total. The van der Waals surface area contributed by atoms with Crippen molar-refractivity contribution < 1.29 is 22.4 Å². The molecule has 176 valence electrons. The highest BCUT2D eigenvalue weighted by Gasteiger charge is 2.58. The van der Waals surface area contributed by atoms with E-state index >= 15 is 0 Å². The monoisotopic (exact) mass is 463 g/mol. The molecule has 2 aromatic rings. The van der Waals surface area contributed by atoms with Crippen LogP contribution >= 0.6 is 0 Å². The highest BCUT2D eigenvalue weighted by atomic mass is 19.4. The molecule has 33 heavy (non-hydrogen) atoms. The number of rotatable bonds is 3. The van der Waals surface area contributed by atoms with Crippen molar-refractivity contribution in [3.05, 3.63) is 47.5 Å². The van der Waals surface area contributed by atoms with E-state index in [0.29, 0.717) is 24.4 Å². The van der Waals surface area contributed by atoms with Crippen LogP contribution in [0, 0.1) is 0 Å². The molecule has 5 rings (SSSR count). The summed E-state index contributed by atoms with van der Waals surface area (Å²) >= 11 is 0. The van der Waals surface area contributed by atoms with Gasteiger partial charge in [0.2, 0.25) is 0 Å². The quantitative estimate of drug-likeness (QED) is 0.631. The van der Waals surface area contributed by atoms with Crippen LogP contribution in [0.15, 0.2) is 40.4 Å². The Bertz CT molecular complexity index is 1070. The number of nitrogens with zero attached hydrogens (tertiary/aromatic N) is 4. The topological polar surface area (TPSA) is 113 Å². The molecule has 1 aromatic heterocycles. The Morgan fingerprint density at radius 3 is 2.67 bits per heavy atom. The summed E-state index contributed by atoms with van der Waals surface area (Å²) in [7, 11) is 0. The number of carbonyl (C=O) groups excluding carboxylic acids is 1. The van der Waals surface area contributed by atoms with Crippen LogP contribution in [0.3, 0.4) is 0 Å². The number of hydrazine groups is 1. The van der Waals surface area contributed by atoms with Crippen molar-refractivity contribution in [1.82, 2.24) is 25.9 Å². The number of allylic oxidation sites excluding steroid dienone is 1. The summed E-state index contributed by atoms with van der Waals surface area (Å²) in [6, 6.07) is 6.62. The third-order valence-electron chi connectivity index (χ3n) is 6.32. The van der Waals surface area contributed by atoms with Gasteiger partial charge in [-0.15, -0.1) is 5.10 Å². The van der Waals surface area contributed by atoms with E-state index in [1.807, 2.05) is 4.90 Å². The first-order valence-electron chi connectivity index (χ1n) is 10.8. The average Bonchev–Trinajstić information content (AvgIpc) is 3.40. The molecule has 4 atom stereocenters. The Kier molecular flexibility index (Phi) is 5.28. The summed E-state index contributed by atoms with van der Waals surface area (Å²) in [5.74, 6) is -1.75. The van der Waals surface area contributed by atoms with Gasteiger partial charge in [-0.1, -0.05) is 35.4 Å². The van der Waals surface area contributed by atoms with Gasteiger partial charge in [0.25, 0.3) is 11.8 Å².